The Balaban J connectivity index is 1.53. The molecule has 10 heteroatoms. The lowest BCUT2D eigenvalue weighted by atomic mass is 9.86. The van der Waals surface area contributed by atoms with Gasteiger partial charge in [0.15, 0.2) is 0 Å². The molecule has 1 aliphatic heterocycles. The third kappa shape index (κ3) is 9.85. The van der Waals surface area contributed by atoms with E-state index in [1.165, 1.54) is 0 Å². The van der Waals surface area contributed by atoms with Crippen molar-refractivity contribution in [2.24, 2.45) is 5.41 Å². The molecular weight excluding hydrogens is 556 g/mol. The average Bonchev–Trinajstić information content (AvgIpc) is 3.50. The Bertz CT molecular complexity index is 1310. The molecule has 1 aliphatic rings. The van der Waals surface area contributed by atoms with Gasteiger partial charge in [0.05, 0.1) is 23.9 Å². The second-order valence-corrected chi connectivity index (χ2v) is 12.4. The zero-order valence-corrected chi connectivity index (χ0v) is 26.1. The van der Waals surface area contributed by atoms with Crippen LogP contribution in [0.3, 0.4) is 0 Å². The molecule has 3 aromatic rings. The third-order valence-electron chi connectivity index (χ3n) is 7.74. The highest BCUT2D eigenvalue weighted by Crippen LogP contribution is 2.21. The Morgan fingerprint density at radius 3 is 2.39 bits per heavy atom. The zero-order chi connectivity index (χ0) is 31.5. The van der Waals surface area contributed by atoms with Crippen molar-refractivity contribution < 1.29 is 19.4 Å². The first-order valence-electron chi connectivity index (χ1n) is 15.3. The molecule has 1 fully saturated rings. The monoisotopic (exact) mass is 602 g/mol. The number of hydrogen-bond acceptors (Lipinski definition) is 8. The fraction of sp³-hybridized carbons (Fsp3) is 0.441. The van der Waals surface area contributed by atoms with Crippen LogP contribution in [0.2, 0.25) is 0 Å². The molecule has 5 N–H and O–H groups in total. The van der Waals surface area contributed by atoms with Crippen LogP contribution in [0.15, 0.2) is 79.0 Å². The van der Waals surface area contributed by atoms with E-state index >= 15 is 0 Å². The van der Waals surface area contributed by atoms with Crippen LogP contribution in [-0.2, 0) is 22.5 Å². The van der Waals surface area contributed by atoms with Crippen molar-refractivity contribution in [2.75, 3.05) is 26.7 Å². The van der Waals surface area contributed by atoms with Gasteiger partial charge in [-0.15, -0.1) is 0 Å². The van der Waals surface area contributed by atoms with Crippen LogP contribution < -0.4 is 21.4 Å². The maximum Gasteiger partial charge on any atom is 0.407 e. The summed E-state index contributed by atoms with van der Waals surface area (Å²) in [5, 5.41) is 22.5. The predicted octanol–water partition coefficient (Wildman–Crippen LogP) is 3.28. The molecule has 236 valence electrons. The van der Waals surface area contributed by atoms with Crippen molar-refractivity contribution in [1.82, 2.24) is 31.4 Å². The lowest BCUT2D eigenvalue weighted by Gasteiger charge is -2.34. The van der Waals surface area contributed by atoms with Gasteiger partial charge >= 0.3 is 6.09 Å². The first-order valence-corrected chi connectivity index (χ1v) is 15.3. The molecule has 4 atom stereocenters. The van der Waals surface area contributed by atoms with Crippen molar-refractivity contribution in [3.05, 3.63) is 90.1 Å². The van der Waals surface area contributed by atoms with Crippen LogP contribution in [0.4, 0.5) is 4.79 Å². The molecule has 1 saturated heterocycles. The van der Waals surface area contributed by atoms with E-state index in [4.69, 9.17) is 4.74 Å². The van der Waals surface area contributed by atoms with E-state index in [9.17, 15) is 14.7 Å². The van der Waals surface area contributed by atoms with Gasteiger partial charge in [-0.2, -0.15) is 0 Å². The quantitative estimate of drug-likeness (QED) is 0.189. The number of hydrogen-bond donors (Lipinski definition) is 5. The summed E-state index contributed by atoms with van der Waals surface area (Å²) >= 11 is 0. The number of aliphatic hydroxyl groups is 1. The average molecular weight is 603 g/mol. The first-order chi connectivity index (χ1) is 21.1. The number of nitrogens with zero attached hydrogens (tertiary/aromatic N) is 2. The van der Waals surface area contributed by atoms with Crippen molar-refractivity contribution in [3.8, 4) is 11.3 Å². The number of carbonyl (C=O) groups excluding carboxylic acids is 2. The minimum atomic E-state index is -1.03. The summed E-state index contributed by atoms with van der Waals surface area (Å²) in [6.07, 6.45) is 1.10. The van der Waals surface area contributed by atoms with Crippen LogP contribution >= 0.6 is 0 Å². The van der Waals surface area contributed by atoms with E-state index in [2.05, 4.69) is 26.4 Å². The number of alkyl carbamates (subject to hydrolysis) is 1. The number of likely N-dealkylation sites (N-methyl/N-ethyl adjacent to an activating group) is 1. The minimum Gasteiger partial charge on any atom is -0.445 e. The fourth-order valence-corrected chi connectivity index (χ4v) is 5.43. The lowest BCUT2D eigenvalue weighted by molar-refractivity contribution is -0.131. The molecular formula is C34H46N6O4. The normalized spacial score (nSPS) is 17.1. The van der Waals surface area contributed by atoms with Gasteiger partial charge in [0.25, 0.3) is 5.91 Å². The summed E-state index contributed by atoms with van der Waals surface area (Å²) in [6, 6.07) is 22.3. The Kier molecular flexibility index (Phi) is 11.8. The number of ether oxygens (including phenoxy) is 1. The topological polar surface area (TPSA) is 128 Å². The van der Waals surface area contributed by atoms with Crippen molar-refractivity contribution in [1.29, 1.82) is 0 Å². The standard InChI is InChI=1S/C34H46N6O4/c1-34(2,3)31(35-4)32(42)39-40(22-25-13-15-26(16-14-25)28-12-8-9-18-37-28)23-30(41)29(20-24-10-6-5-7-11-24)38-33(43)44-27-17-19-36-21-27/h5-16,18,27,29-31,35-36,41H,17,19-23H2,1-4H3,(H,38,43)(H,39,42). The Labute approximate surface area is 260 Å². The summed E-state index contributed by atoms with van der Waals surface area (Å²) in [6.45, 7) is 7.79. The molecule has 2 aromatic carbocycles. The molecule has 2 amide bonds. The summed E-state index contributed by atoms with van der Waals surface area (Å²) < 4.78 is 5.61. The predicted molar refractivity (Wildman–Crippen MR) is 171 cm³/mol. The van der Waals surface area contributed by atoms with Crippen molar-refractivity contribution in [2.45, 2.75) is 64.4 Å². The van der Waals surface area contributed by atoms with Gasteiger partial charge in [0.1, 0.15) is 6.10 Å². The SMILES string of the molecule is CNC(C(=O)NN(Cc1ccc(-c2ccccn2)cc1)CC(O)C(Cc1ccccc1)NC(=O)OC1CCNC1)C(C)(C)C. The Morgan fingerprint density at radius 2 is 1.77 bits per heavy atom. The molecule has 4 rings (SSSR count). The van der Waals surface area contributed by atoms with Gasteiger partial charge in [-0.1, -0.05) is 81.4 Å². The number of rotatable bonds is 13. The van der Waals surface area contributed by atoms with Crippen LogP contribution in [0.5, 0.6) is 0 Å². The van der Waals surface area contributed by atoms with Gasteiger partial charge in [0.2, 0.25) is 0 Å². The van der Waals surface area contributed by atoms with Gasteiger partial charge < -0.3 is 25.8 Å². The fourth-order valence-electron chi connectivity index (χ4n) is 5.43. The second-order valence-electron chi connectivity index (χ2n) is 12.4. The molecule has 0 saturated carbocycles. The summed E-state index contributed by atoms with van der Waals surface area (Å²) in [5.74, 6) is -0.210. The number of hydrazine groups is 1. The van der Waals surface area contributed by atoms with E-state index in [0.29, 0.717) is 19.5 Å². The molecule has 1 aromatic heterocycles. The summed E-state index contributed by atoms with van der Waals surface area (Å²) in [5.41, 5.74) is 6.45. The Hall–Kier alpha value is -3.83. The molecule has 0 aliphatic carbocycles. The van der Waals surface area contributed by atoms with E-state index in [1.807, 2.05) is 93.6 Å². The molecule has 0 radical (unpaired) electrons. The Morgan fingerprint density at radius 1 is 1.05 bits per heavy atom. The number of benzene rings is 2. The van der Waals surface area contributed by atoms with Crippen LogP contribution in [0.1, 0.15) is 38.3 Å². The summed E-state index contributed by atoms with van der Waals surface area (Å²) in [7, 11) is 1.76. The van der Waals surface area contributed by atoms with Gasteiger partial charge in [-0.05, 0) is 55.1 Å². The minimum absolute atomic E-state index is 0.0665. The second kappa shape index (κ2) is 15.8. The number of pyridine rings is 1. The van der Waals surface area contributed by atoms with Crippen molar-refractivity contribution in [3.63, 3.8) is 0 Å². The zero-order valence-electron chi connectivity index (χ0n) is 26.1. The highest BCUT2D eigenvalue weighted by atomic mass is 16.6. The molecule has 10 nitrogen and oxygen atoms in total. The van der Waals surface area contributed by atoms with E-state index < -0.39 is 24.3 Å². The van der Waals surface area contributed by atoms with Crippen molar-refractivity contribution >= 4 is 12.0 Å². The van der Waals surface area contributed by atoms with Gasteiger partial charge in [0, 0.05) is 31.4 Å². The van der Waals surface area contributed by atoms with E-state index in [0.717, 1.165) is 35.3 Å². The van der Waals surface area contributed by atoms with Crippen LogP contribution in [0, 0.1) is 5.41 Å². The smallest absolute Gasteiger partial charge is 0.407 e. The summed E-state index contributed by atoms with van der Waals surface area (Å²) in [4.78, 5) is 30.8. The number of aliphatic hydroxyl groups excluding tert-OH is 1. The largest absolute Gasteiger partial charge is 0.445 e. The van der Waals surface area contributed by atoms with Crippen LogP contribution in [0.25, 0.3) is 11.3 Å². The molecule has 2 heterocycles. The number of carbonyl (C=O) groups is 2. The first kappa shape index (κ1) is 33.1. The maximum absolute atomic E-state index is 13.5. The lowest BCUT2D eigenvalue weighted by Crippen LogP contribution is -2.58. The molecule has 4 unspecified atom stereocenters. The highest BCUT2D eigenvalue weighted by Gasteiger charge is 2.32. The number of nitrogens with one attached hydrogen (secondary N) is 4. The third-order valence-corrected chi connectivity index (χ3v) is 7.74. The van der Waals surface area contributed by atoms with Gasteiger partial charge in [-0.3, -0.25) is 15.2 Å². The van der Waals surface area contributed by atoms with Crippen LogP contribution in [-0.4, -0.2) is 78.1 Å². The maximum atomic E-state index is 13.5. The molecule has 0 bridgehead atoms. The van der Waals surface area contributed by atoms with Gasteiger partial charge in [-0.25, -0.2) is 9.80 Å². The molecule has 44 heavy (non-hydrogen) atoms. The highest BCUT2D eigenvalue weighted by molar-refractivity contribution is 5.82. The molecule has 0 spiro atoms. The number of aromatic nitrogens is 1. The van der Waals surface area contributed by atoms with E-state index in [1.54, 1.807) is 18.3 Å². The van der Waals surface area contributed by atoms with E-state index in [-0.39, 0.29) is 24.0 Å². The number of amides is 2.